The van der Waals surface area contributed by atoms with E-state index in [0.717, 1.165) is 18.7 Å². The topological polar surface area (TPSA) is 71.2 Å². The van der Waals surface area contributed by atoms with Gasteiger partial charge in [-0.1, -0.05) is 30.8 Å². The summed E-state index contributed by atoms with van der Waals surface area (Å²) >= 11 is 0. The Morgan fingerprint density at radius 2 is 1.85 bits per heavy atom. The summed E-state index contributed by atoms with van der Waals surface area (Å²) in [5.74, 6) is 2.46. The lowest BCUT2D eigenvalue weighted by Gasteiger charge is -2.30. The van der Waals surface area contributed by atoms with Gasteiger partial charge in [-0.2, -0.15) is 4.98 Å². The Balaban J connectivity index is 1.52. The molecule has 2 N–H and O–H groups in total. The highest BCUT2D eigenvalue weighted by atomic mass is 16.5. The normalized spacial score (nSPS) is 28.1. The lowest BCUT2D eigenvalue weighted by Crippen LogP contribution is -2.39. The Labute approximate surface area is 120 Å². The van der Waals surface area contributed by atoms with Gasteiger partial charge in [0.15, 0.2) is 5.82 Å². The van der Waals surface area contributed by atoms with Crippen LogP contribution in [-0.4, -0.2) is 27.9 Å². The van der Waals surface area contributed by atoms with E-state index in [1.165, 1.54) is 38.5 Å². The highest BCUT2D eigenvalue weighted by Gasteiger charge is 2.25. The minimum atomic E-state index is 0.273. The second kappa shape index (κ2) is 6.68. The van der Waals surface area contributed by atoms with Crippen LogP contribution in [0.5, 0.6) is 0 Å². The second-order valence-electron chi connectivity index (χ2n) is 6.24. The van der Waals surface area contributed by atoms with Crippen molar-refractivity contribution in [2.45, 2.75) is 69.9 Å². The fraction of sp³-hybridized carbons (Fsp3) is 0.867. The highest BCUT2D eigenvalue weighted by molar-refractivity contribution is 4.98. The molecule has 0 amide bonds. The number of nitrogens with one attached hydrogen (secondary N) is 1. The van der Waals surface area contributed by atoms with Gasteiger partial charge >= 0.3 is 0 Å². The molecule has 0 spiro atoms. The third-order valence-electron chi connectivity index (χ3n) is 4.86. The third-order valence-corrected chi connectivity index (χ3v) is 4.86. The largest absolute Gasteiger partial charge is 0.396 e. The monoisotopic (exact) mass is 279 g/mol. The zero-order valence-electron chi connectivity index (χ0n) is 12.1. The molecule has 1 aromatic heterocycles. The molecule has 2 aliphatic carbocycles. The average Bonchev–Trinajstić information content (AvgIpc) is 3.16. The Kier molecular flexibility index (Phi) is 4.68. The number of aliphatic hydroxyl groups excluding tert-OH is 1. The van der Waals surface area contributed by atoms with Crippen molar-refractivity contribution in [2.75, 3.05) is 6.61 Å². The summed E-state index contributed by atoms with van der Waals surface area (Å²) in [4.78, 5) is 4.52. The summed E-state index contributed by atoms with van der Waals surface area (Å²) in [5, 5.41) is 17.0. The predicted molar refractivity (Wildman–Crippen MR) is 75.2 cm³/mol. The van der Waals surface area contributed by atoms with Gasteiger partial charge in [0, 0.05) is 18.6 Å². The van der Waals surface area contributed by atoms with Gasteiger partial charge in [0.25, 0.3) is 0 Å². The molecule has 3 rings (SSSR count). The van der Waals surface area contributed by atoms with Crippen LogP contribution < -0.4 is 5.32 Å². The zero-order chi connectivity index (χ0) is 13.8. The number of hydrogen-bond donors (Lipinski definition) is 2. The van der Waals surface area contributed by atoms with Gasteiger partial charge in [-0.05, 0) is 31.6 Å². The molecular weight excluding hydrogens is 254 g/mol. The smallest absolute Gasteiger partial charge is 0.240 e. The predicted octanol–water partition coefficient (Wildman–Crippen LogP) is 2.37. The highest BCUT2D eigenvalue weighted by Crippen LogP contribution is 2.32. The molecule has 0 aliphatic heterocycles. The molecule has 0 radical (unpaired) electrons. The van der Waals surface area contributed by atoms with E-state index < -0.39 is 0 Å². The van der Waals surface area contributed by atoms with Gasteiger partial charge in [-0.25, -0.2) is 0 Å². The Morgan fingerprint density at radius 1 is 1.10 bits per heavy atom. The molecule has 2 aliphatic rings. The molecule has 20 heavy (non-hydrogen) atoms. The quantitative estimate of drug-likeness (QED) is 0.866. The van der Waals surface area contributed by atoms with Gasteiger partial charge in [0.05, 0.1) is 6.54 Å². The van der Waals surface area contributed by atoms with E-state index in [0.29, 0.717) is 30.3 Å². The number of hydrogen-bond acceptors (Lipinski definition) is 5. The van der Waals surface area contributed by atoms with Crippen molar-refractivity contribution >= 4 is 0 Å². The molecule has 112 valence electrons. The molecule has 0 unspecified atom stereocenters. The second-order valence-corrected chi connectivity index (χ2v) is 6.24. The van der Waals surface area contributed by atoms with Crippen molar-refractivity contribution in [3.63, 3.8) is 0 Å². The van der Waals surface area contributed by atoms with Crippen LogP contribution in [0.1, 0.15) is 69.0 Å². The number of aliphatic hydroxyl groups is 1. The number of nitrogens with zero attached hydrogens (tertiary/aromatic N) is 2. The molecule has 2 fully saturated rings. The van der Waals surface area contributed by atoms with E-state index in [1.54, 1.807) is 0 Å². The molecule has 1 heterocycles. The van der Waals surface area contributed by atoms with Crippen LogP contribution in [-0.2, 0) is 6.54 Å². The summed E-state index contributed by atoms with van der Waals surface area (Å²) in [5.41, 5.74) is 0. The van der Waals surface area contributed by atoms with Crippen LogP contribution in [0, 0.1) is 5.92 Å². The van der Waals surface area contributed by atoms with Crippen LogP contribution in [0.25, 0.3) is 0 Å². The standard InChI is InChI=1S/C15H25N3O2/c19-10-12-7-3-4-8-13(12)16-9-14-17-15(18-20-14)11-5-1-2-6-11/h11-13,16,19H,1-10H2/t12-,13-/m1/s1. The molecule has 5 heteroatoms. The maximum absolute atomic E-state index is 9.41. The van der Waals surface area contributed by atoms with E-state index in [4.69, 9.17) is 4.52 Å². The van der Waals surface area contributed by atoms with E-state index in [2.05, 4.69) is 15.5 Å². The summed E-state index contributed by atoms with van der Waals surface area (Å²) in [7, 11) is 0. The van der Waals surface area contributed by atoms with Gasteiger partial charge in [0.2, 0.25) is 5.89 Å². The van der Waals surface area contributed by atoms with Crippen LogP contribution in [0.2, 0.25) is 0 Å². The van der Waals surface area contributed by atoms with Gasteiger partial charge in [0.1, 0.15) is 0 Å². The first kappa shape index (κ1) is 14.0. The maximum atomic E-state index is 9.41. The average molecular weight is 279 g/mol. The lowest BCUT2D eigenvalue weighted by molar-refractivity contribution is 0.150. The molecule has 2 atom stereocenters. The lowest BCUT2D eigenvalue weighted by atomic mass is 9.85. The van der Waals surface area contributed by atoms with Crippen molar-refractivity contribution < 1.29 is 9.63 Å². The van der Waals surface area contributed by atoms with Crippen molar-refractivity contribution in [3.05, 3.63) is 11.7 Å². The van der Waals surface area contributed by atoms with Crippen LogP contribution in [0.3, 0.4) is 0 Å². The minimum Gasteiger partial charge on any atom is -0.396 e. The molecule has 0 aromatic carbocycles. The molecule has 0 saturated heterocycles. The van der Waals surface area contributed by atoms with Gasteiger partial charge < -0.3 is 14.9 Å². The number of rotatable bonds is 5. The SMILES string of the molecule is OC[C@H]1CCCC[C@H]1NCc1nc(C2CCCC2)no1. The van der Waals surface area contributed by atoms with Crippen molar-refractivity contribution in [1.82, 2.24) is 15.5 Å². The Morgan fingerprint density at radius 3 is 2.65 bits per heavy atom. The van der Waals surface area contributed by atoms with Gasteiger partial charge in [-0.3, -0.25) is 0 Å². The zero-order valence-corrected chi connectivity index (χ0v) is 12.1. The fourth-order valence-corrected chi connectivity index (χ4v) is 3.60. The first-order chi connectivity index (χ1) is 9.86. The van der Waals surface area contributed by atoms with Crippen LogP contribution in [0.4, 0.5) is 0 Å². The van der Waals surface area contributed by atoms with E-state index in [9.17, 15) is 5.11 Å². The van der Waals surface area contributed by atoms with Crippen molar-refractivity contribution in [3.8, 4) is 0 Å². The fourth-order valence-electron chi connectivity index (χ4n) is 3.60. The third kappa shape index (κ3) is 3.20. The molecule has 5 nitrogen and oxygen atoms in total. The summed E-state index contributed by atoms with van der Waals surface area (Å²) in [6.45, 7) is 0.899. The van der Waals surface area contributed by atoms with E-state index in [1.807, 2.05) is 0 Å². The first-order valence-electron chi connectivity index (χ1n) is 8.03. The van der Waals surface area contributed by atoms with E-state index in [-0.39, 0.29) is 6.61 Å². The number of aromatic nitrogens is 2. The summed E-state index contributed by atoms with van der Waals surface area (Å²) < 4.78 is 5.35. The Bertz CT molecular complexity index is 415. The molecular formula is C15H25N3O2. The minimum absolute atomic E-state index is 0.273. The van der Waals surface area contributed by atoms with Crippen LogP contribution in [0.15, 0.2) is 4.52 Å². The molecule has 0 bridgehead atoms. The summed E-state index contributed by atoms with van der Waals surface area (Å²) in [6, 6.07) is 0.385. The first-order valence-corrected chi connectivity index (χ1v) is 8.03. The maximum Gasteiger partial charge on any atom is 0.240 e. The summed E-state index contributed by atoms with van der Waals surface area (Å²) in [6.07, 6.45) is 9.69. The molecule has 1 aromatic rings. The van der Waals surface area contributed by atoms with Crippen LogP contribution >= 0.6 is 0 Å². The van der Waals surface area contributed by atoms with Crippen molar-refractivity contribution in [1.29, 1.82) is 0 Å². The van der Waals surface area contributed by atoms with Gasteiger partial charge in [-0.15, -0.1) is 0 Å². The molecule has 2 saturated carbocycles. The van der Waals surface area contributed by atoms with Crippen molar-refractivity contribution in [2.24, 2.45) is 5.92 Å². The van der Waals surface area contributed by atoms with E-state index >= 15 is 0 Å². The Hall–Kier alpha value is -0.940.